The lowest BCUT2D eigenvalue weighted by atomic mass is 10.1. The quantitative estimate of drug-likeness (QED) is 0.416. The van der Waals surface area contributed by atoms with Crippen molar-refractivity contribution in [3.05, 3.63) is 88.1 Å². The van der Waals surface area contributed by atoms with Crippen LogP contribution in [0.5, 0.6) is 0 Å². The third-order valence-corrected chi connectivity index (χ3v) is 5.85. The highest BCUT2D eigenvalue weighted by Crippen LogP contribution is 2.30. The topological polar surface area (TPSA) is 67.6 Å². The molecule has 1 fully saturated rings. The standard InChI is InChI=1S/C25H25ClF3N3O3/c26-20-7-2-5-18(11-20)14-32(13-17-4-1-6-19(10-17)25(27,28)29)15-23-31-22(16-35-23)24(33)30-12-21-8-3-9-34-21/h1-2,4-7,10-11,16,21H,3,8-9,12-15H2,(H,30,33). The zero-order chi connectivity index (χ0) is 24.8. The molecule has 35 heavy (non-hydrogen) atoms. The maximum atomic E-state index is 13.2. The lowest BCUT2D eigenvalue weighted by Crippen LogP contribution is -2.32. The number of rotatable bonds is 9. The average Bonchev–Trinajstić information content (AvgIpc) is 3.49. The fourth-order valence-corrected chi connectivity index (χ4v) is 4.16. The van der Waals surface area contributed by atoms with E-state index >= 15 is 0 Å². The van der Waals surface area contributed by atoms with Gasteiger partial charge in [-0.3, -0.25) is 9.69 Å². The van der Waals surface area contributed by atoms with Crippen LogP contribution in [0.4, 0.5) is 13.2 Å². The van der Waals surface area contributed by atoms with E-state index in [0.717, 1.165) is 30.5 Å². The maximum absolute atomic E-state index is 13.2. The first-order chi connectivity index (χ1) is 16.8. The van der Waals surface area contributed by atoms with Gasteiger partial charge in [0.2, 0.25) is 5.89 Å². The van der Waals surface area contributed by atoms with Crippen LogP contribution in [0.1, 0.15) is 45.9 Å². The van der Waals surface area contributed by atoms with E-state index in [0.29, 0.717) is 30.3 Å². The lowest BCUT2D eigenvalue weighted by Gasteiger charge is -2.22. The number of hydrogen-bond donors (Lipinski definition) is 1. The molecule has 0 bridgehead atoms. The third kappa shape index (κ3) is 7.30. The number of ether oxygens (including phenoxy) is 1. The summed E-state index contributed by atoms with van der Waals surface area (Å²) in [6.07, 6.45) is -1.27. The highest BCUT2D eigenvalue weighted by molar-refractivity contribution is 6.30. The predicted octanol–water partition coefficient (Wildman–Crippen LogP) is 5.46. The van der Waals surface area contributed by atoms with E-state index in [1.165, 1.54) is 12.3 Å². The second-order valence-electron chi connectivity index (χ2n) is 8.44. The van der Waals surface area contributed by atoms with Gasteiger partial charge < -0.3 is 14.5 Å². The molecule has 1 aliphatic rings. The zero-order valence-electron chi connectivity index (χ0n) is 18.9. The van der Waals surface area contributed by atoms with Gasteiger partial charge in [0.1, 0.15) is 6.26 Å². The molecule has 1 N–H and O–H groups in total. The van der Waals surface area contributed by atoms with Crippen molar-refractivity contribution in [1.29, 1.82) is 0 Å². The number of halogens is 4. The molecule has 1 saturated heterocycles. The summed E-state index contributed by atoms with van der Waals surface area (Å²) < 4.78 is 50.6. The smallest absolute Gasteiger partial charge is 0.416 e. The van der Waals surface area contributed by atoms with Gasteiger partial charge in [-0.05, 0) is 42.2 Å². The molecule has 0 radical (unpaired) electrons. The summed E-state index contributed by atoms with van der Waals surface area (Å²) in [5.74, 6) is -0.0870. The van der Waals surface area contributed by atoms with Gasteiger partial charge in [-0.25, -0.2) is 4.98 Å². The average molecular weight is 508 g/mol. The molecule has 3 aromatic rings. The van der Waals surface area contributed by atoms with Crippen molar-refractivity contribution in [2.45, 2.75) is 44.8 Å². The first kappa shape index (κ1) is 25.2. The Hall–Kier alpha value is -2.88. The van der Waals surface area contributed by atoms with Crippen molar-refractivity contribution < 1.29 is 27.1 Å². The molecule has 4 rings (SSSR count). The van der Waals surface area contributed by atoms with E-state index in [4.69, 9.17) is 20.8 Å². The maximum Gasteiger partial charge on any atom is 0.416 e. The molecule has 1 amide bonds. The molecule has 1 aliphatic heterocycles. The van der Waals surface area contributed by atoms with Crippen LogP contribution >= 0.6 is 11.6 Å². The van der Waals surface area contributed by atoms with Crippen molar-refractivity contribution >= 4 is 17.5 Å². The minimum atomic E-state index is -4.43. The Kier molecular flexibility index (Phi) is 8.10. The largest absolute Gasteiger partial charge is 0.447 e. The number of nitrogens with one attached hydrogen (secondary N) is 1. The van der Waals surface area contributed by atoms with Gasteiger partial charge in [-0.15, -0.1) is 0 Å². The highest BCUT2D eigenvalue weighted by Gasteiger charge is 2.30. The van der Waals surface area contributed by atoms with Crippen LogP contribution in [0.3, 0.4) is 0 Å². The molecule has 1 atom stereocenters. The zero-order valence-corrected chi connectivity index (χ0v) is 19.6. The van der Waals surface area contributed by atoms with Crippen molar-refractivity contribution in [2.24, 2.45) is 0 Å². The minimum absolute atomic E-state index is 0.00553. The van der Waals surface area contributed by atoms with Crippen molar-refractivity contribution in [3.63, 3.8) is 0 Å². The first-order valence-electron chi connectivity index (χ1n) is 11.2. The van der Waals surface area contributed by atoms with Gasteiger partial charge >= 0.3 is 6.18 Å². The molecule has 6 nitrogen and oxygen atoms in total. The van der Waals surface area contributed by atoms with Gasteiger partial charge in [-0.1, -0.05) is 41.9 Å². The monoisotopic (exact) mass is 507 g/mol. The number of carbonyl (C=O) groups is 1. The Morgan fingerprint density at radius 1 is 1.11 bits per heavy atom. The molecule has 0 saturated carbocycles. The van der Waals surface area contributed by atoms with E-state index < -0.39 is 11.7 Å². The SMILES string of the molecule is O=C(NCC1CCCO1)c1coc(CN(Cc2cccc(Cl)c2)Cc2cccc(C(F)(F)F)c2)n1. The molecular formula is C25H25ClF3N3O3. The molecule has 186 valence electrons. The number of carbonyl (C=O) groups excluding carboxylic acids is 1. The number of oxazole rings is 1. The van der Waals surface area contributed by atoms with Gasteiger partial charge in [0.15, 0.2) is 5.69 Å². The van der Waals surface area contributed by atoms with E-state index in [1.807, 2.05) is 17.0 Å². The first-order valence-corrected chi connectivity index (χ1v) is 11.6. The Morgan fingerprint density at radius 2 is 1.86 bits per heavy atom. The second-order valence-corrected chi connectivity index (χ2v) is 8.88. The van der Waals surface area contributed by atoms with Crippen LogP contribution in [0, 0.1) is 0 Å². The minimum Gasteiger partial charge on any atom is -0.447 e. The summed E-state index contributed by atoms with van der Waals surface area (Å²) in [4.78, 5) is 18.6. The summed E-state index contributed by atoms with van der Waals surface area (Å²) >= 11 is 6.11. The number of hydrogen-bond acceptors (Lipinski definition) is 5. The molecule has 2 aromatic carbocycles. The van der Waals surface area contributed by atoms with E-state index in [-0.39, 0.29) is 36.7 Å². The predicted molar refractivity (Wildman–Crippen MR) is 124 cm³/mol. The second kappa shape index (κ2) is 11.2. The Labute approximate surface area is 206 Å². The van der Waals surface area contributed by atoms with Gasteiger partial charge in [0, 0.05) is 31.3 Å². The summed E-state index contributed by atoms with van der Waals surface area (Å²) in [6.45, 7) is 1.88. The summed E-state index contributed by atoms with van der Waals surface area (Å²) in [5, 5.41) is 3.35. The van der Waals surface area contributed by atoms with E-state index in [2.05, 4.69) is 10.3 Å². The molecule has 10 heteroatoms. The molecule has 0 spiro atoms. The van der Waals surface area contributed by atoms with Crippen LogP contribution in [-0.2, 0) is 30.5 Å². The number of amides is 1. The number of alkyl halides is 3. The lowest BCUT2D eigenvalue weighted by molar-refractivity contribution is -0.137. The molecule has 2 heterocycles. The normalized spacial score (nSPS) is 16.1. The summed E-state index contributed by atoms with van der Waals surface area (Å²) in [7, 11) is 0. The highest BCUT2D eigenvalue weighted by atomic mass is 35.5. The van der Waals surface area contributed by atoms with Crippen LogP contribution in [0.15, 0.2) is 59.2 Å². The fourth-order valence-electron chi connectivity index (χ4n) is 3.95. The summed E-state index contributed by atoms with van der Waals surface area (Å²) in [5.41, 5.74) is 0.798. The molecular weight excluding hydrogens is 483 g/mol. The van der Waals surface area contributed by atoms with Gasteiger partial charge in [0.05, 0.1) is 18.2 Å². The van der Waals surface area contributed by atoms with Crippen molar-refractivity contribution in [2.75, 3.05) is 13.2 Å². The fraction of sp³-hybridized carbons (Fsp3) is 0.360. The Bertz CT molecular complexity index is 1150. The van der Waals surface area contributed by atoms with Crippen molar-refractivity contribution in [3.8, 4) is 0 Å². The molecule has 1 unspecified atom stereocenters. The number of benzene rings is 2. The van der Waals surface area contributed by atoms with Gasteiger partial charge in [0.25, 0.3) is 5.91 Å². The molecule has 0 aliphatic carbocycles. The third-order valence-electron chi connectivity index (χ3n) is 5.61. The van der Waals surface area contributed by atoms with Crippen LogP contribution < -0.4 is 5.32 Å². The van der Waals surface area contributed by atoms with Gasteiger partial charge in [-0.2, -0.15) is 13.2 Å². The van der Waals surface area contributed by atoms with Crippen LogP contribution in [0.25, 0.3) is 0 Å². The molecule has 1 aromatic heterocycles. The van der Waals surface area contributed by atoms with E-state index in [9.17, 15) is 18.0 Å². The Balaban J connectivity index is 1.47. The van der Waals surface area contributed by atoms with Crippen LogP contribution in [-0.4, -0.2) is 35.0 Å². The Morgan fingerprint density at radius 3 is 2.54 bits per heavy atom. The van der Waals surface area contributed by atoms with E-state index in [1.54, 1.807) is 18.2 Å². The summed E-state index contributed by atoms with van der Waals surface area (Å²) in [6, 6.07) is 12.4. The van der Waals surface area contributed by atoms with Crippen LogP contribution in [0.2, 0.25) is 5.02 Å². The van der Waals surface area contributed by atoms with Crippen molar-refractivity contribution in [1.82, 2.24) is 15.2 Å². The number of aromatic nitrogens is 1. The number of nitrogens with zero attached hydrogens (tertiary/aromatic N) is 2.